The molecule has 0 saturated carbocycles. The number of carboxylic acid groups (broad SMARTS) is 1. The first-order chi connectivity index (χ1) is 15.1. The van der Waals surface area contributed by atoms with Crippen LogP contribution in [0.25, 0.3) is 17.0 Å². The van der Waals surface area contributed by atoms with Crippen molar-refractivity contribution < 1.29 is 15.1 Å². The topological polar surface area (TPSA) is 101 Å². The van der Waals surface area contributed by atoms with Gasteiger partial charge in [0.25, 0.3) is 0 Å². The highest BCUT2D eigenvalue weighted by atomic mass is 16.4. The zero-order valence-corrected chi connectivity index (χ0v) is 18.6. The predicted octanol–water partition coefficient (Wildman–Crippen LogP) is 5.49. The molecule has 0 fully saturated rings. The number of aromatic carboxylic acids is 1. The lowest BCUT2D eigenvalue weighted by Crippen LogP contribution is -2.14. The lowest BCUT2D eigenvalue weighted by Gasteiger charge is -2.17. The van der Waals surface area contributed by atoms with Crippen molar-refractivity contribution in [1.29, 1.82) is 0 Å². The Labute approximate surface area is 183 Å². The van der Waals surface area contributed by atoms with Gasteiger partial charge < -0.3 is 20.6 Å². The Morgan fingerprint density at radius 3 is 2.55 bits per heavy atom. The molecule has 164 valence electrons. The highest BCUT2D eigenvalue weighted by Crippen LogP contribution is 2.27. The number of hydrogen-bond donors (Lipinski definition) is 3. The van der Waals surface area contributed by atoms with Gasteiger partial charge >= 0.3 is 5.97 Å². The largest absolute Gasteiger partial charge is 0.477 e. The number of allylic oxidation sites excluding steroid dienone is 1. The Kier molecular flexibility index (Phi) is 8.43. The van der Waals surface area contributed by atoms with E-state index in [4.69, 9.17) is 10.9 Å². The monoisotopic (exact) mass is 421 g/mol. The van der Waals surface area contributed by atoms with E-state index in [1.54, 1.807) is 28.8 Å². The standard InChI is InChI=1S/C21H19N3O3.2C2H6/c22-20(23-27)15-9-8-14-10-19(21(25)26)24(18(14)11-15)12-16-6-3-5-13-4-1-2-7-17(13)16;2*1-2/h2-3,5-11,27H,1,4,12H2,(H2,22,23)(H,25,26);2*1-2H3. The lowest BCUT2D eigenvalue weighted by molar-refractivity contribution is 0.0686. The minimum Gasteiger partial charge on any atom is -0.477 e. The van der Waals surface area contributed by atoms with Crippen molar-refractivity contribution in [2.24, 2.45) is 10.9 Å². The van der Waals surface area contributed by atoms with E-state index in [-0.39, 0.29) is 11.5 Å². The number of oxime groups is 1. The van der Waals surface area contributed by atoms with Crippen molar-refractivity contribution in [3.8, 4) is 0 Å². The quantitative estimate of drug-likeness (QED) is 0.224. The van der Waals surface area contributed by atoms with Gasteiger partial charge in [-0.3, -0.25) is 0 Å². The lowest BCUT2D eigenvalue weighted by atomic mass is 9.93. The van der Waals surface area contributed by atoms with E-state index in [1.807, 2.05) is 39.8 Å². The number of carbonyl (C=O) groups is 1. The molecule has 4 rings (SSSR count). The molecule has 0 spiro atoms. The number of hydrogen-bond acceptors (Lipinski definition) is 3. The maximum atomic E-state index is 11.8. The number of aryl methyl sites for hydroxylation is 1. The predicted molar refractivity (Wildman–Crippen MR) is 127 cm³/mol. The van der Waals surface area contributed by atoms with Gasteiger partial charge in [-0.25, -0.2) is 4.79 Å². The number of fused-ring (bicyclic) bond motifs is 2. The first-order valence-electron chi connectivity index (χ1n) is 10.7. The van der Waals surface area contributed by atoms with Crippen molar-refractivity contribution in [1.82, 2.24) is 4.57 Å². The second-order valence-corrected chi connectivity index (χ2v) is 6.61. The van der Waals surface area contributed by atoms with Crippen LogP contribution in [-0.4, -0.2) is 26.7 Å². The molecule has 0 bridgehead atoms. The van der Waals surface area contributed by atoms with Gasteiger partial charge in [0.15, 0.2) is 5.84 Å². The fraction of sp³-hybridized carbons (Fsp3) is 0.280. The molecule has 6 nitrogen and oxygen atoms in total. The Morgan fingerprint density at radius 2 is 1.87 bits per heavy atom. The molecule has 0 aliphatic heterocycles. The zero-order valence-electron chi connectivity index (χ0n) is 18.6. The fourth-order valence-electron chi connectivity index (χ4n) is 3.67. The molecule has 4 N–H and O–H groups in total. The number of nitrogens with two attached hydrogens (primary N) is 1. The van der Waals surface area contributed by atoms with Crippen LogP contribution in [0, 0.1) is 0 Å². The van der Waals surface area contributed by atoms with Gasteiger partial charge in [0.2, 0.25) is 0 Å². The van der Waals surface area contributed by atoms with Crippen molar-refractivity contribution in [2.45, 2.75) is 47.1 Å². The van der Waals surface area contributed by atoms with Gasteiger partial charge in [0.05, 0.1) is 0 Å². The number of nitrogens with zero attached hydrogens (tertiary/aromatic N) is 2. The molecule has 3 aromatic rings. The molecule has 6 heteroatoms. The molecular formula is C25H31N3O3. The summed E-state index contributed by atoms with van der Waals surface area (Å²) in [6.07, 6.45) is 6.27. The van der Waals surface area contributed by atoms with Crippen LogP contribution in [0.3, 0.4) is 0 Å². The fourth-order valence-corrected chi connectivity index (χ4v) is 3.67. The number of benzene rings is 2. The molecule has 0 radical (unpaired) electrons. The maximum Gasteiger partial charge on any atom is 0.352 e. The van der Waals surface area contributed by atoms with Crippen LogP contribution in [0.15, 0.2) is 53.7 Å². The Bertz CT molecular complexity index is 1110. The van der Waals surface area contributed by atoms with Crippen molar-refractivity contribution >= 4 is 28.8 Å². The summed E-state index contributed by atoms with van der Waals surface area (Å²) >= 11 is 0. The molecule has 2 aromatic carbocycles. The third-order valence-corrected chi connectivity index (χ3v) is 5.01. The summed E-state index contributed by atoms with van der Waals surface area (Å²) in [4.78, 5) is 11.8. The molecule has 1 heterocycles. The van der Waals surface area contributed by atoms with E-state index in [9.17, 15) is 9.90 Å². The maximum absolute atomic E-state index is 11.8. The second-order valence-electron chi connectivity index (χ2n) is 6.61. The average Bonchev–Trinajstić information content (AvgIpc) is 3.19. The summed E-state index contributed by atoms with van der Waals surface area (Å²) in [5.74, 6) is -1.00. The van der Waals surface area contributed by atoms with Crippen molar-refractivity contribution in [3.05, 3.63) is 76.5 Å². The van der Waals surface area contributed by atoms with Gasteiger partial charge in [-0.15, -0.1) is 0 Å². The van der Waals surface area contributed by atoms with Crippen LogP contribution in [0.5, 0.6) is 0 Å². The van der Waals surface area contributed by atoms with E-state index in [1.165, 1.54) is 5.56 Å². The van der Waals surface area contributed by atoms with Gasteiger partial charge in [0.1, 0.15) is 5.69 Å². The van der Waals surface area contributed by atoms with Crippen LogP contribution < -0.4 is 5.73 Å². The third kappa shape index (κ3) is 4.97. The van der Waals surface area contributed by atoms with E-state index >= 15 is 0 Å². The van der Waals surface area contributed by atoms with Crippen LogP contribution in [0.1, 0.15) is 66.9 Å². The SMILES string of the molecule is CC.CC.N/C(=N\O)c1ccc2cc(C(=O)O)n(Cc3cccc4c3C=CCC4)c2c1. The molecule has 1 aliphatic carbocycles. The molecule has 1 aliphatic rings. The molecule has 0 unspecified atom stereocenters. The average molecular weight is 422 g/mol. The number of carboxylic acids is 1. The second kappa shape index (κ2) is 11.0. The molecule has 0 saturated heterocycles. The Morgan fingerprint density at radius 1 is 1.13 bits per heavy atom. The van der Waals surface area contributed by atoms with Gasteiger partial charge in [-0.1, -0.05) is 75.3 Å². The highest BCUT2D eigenvalue weighted by molar-refractivity contribution is 6.02. The van der Waals surface area contributed by atoms with Crippen LogP contribution >= 0.6 is 0 Å². The first-order valence-corrected chi connectivity index (χ1v) is 10.7. The third-order valence-electron chi connectivity index (χ3n) is 5.01. The van der Waals surface area contributed by atoms with Crippen molar-refractivity contribution in [3.63, 3.8) is 0 Å². The molecule has 0 amide bonds. The van der Waals surface area contributed by atoms with E-state index in [0.717, 1.165) is 34.9 Å². The number of rotatable bonds is 4. The van der Waals surface area contributed by atoms with Gasteiger partial charge in [0, 0.05) is 23.0 Å². The van der Waals surface area contributed by atoms with E-state index in [0.29, 0.717) is 12.1 Å². The summed E-state index contributed by atoms with van der Waals surface area (Å²) in [6.45, 7) is 8.43. The Hall–Kier alpha value is -3.54. The van der Waals surface area contributed by atoms with E-state index < -0.39 is 5.97 Å². The summed E-state index contributed by atoms with van der Waals surface area (Å²) in [5.41, 5.74) is 10.7. The molecule has 31 heavy (non-hydrogen) atoms. The minimum atomic E-state index is -0.989. The summed E-state index contributed by atoms with van der Waals surface area (Å²) in [7, 11) is 0. The van der Waals surface area contributed by atoms with Crippen LogP contribution in [0.2, 0.25) is 0 Å². The number of aromatic nitrogens is 1. The smallest absolute Gasteiger partial charge is 0.352 e. The van der Waals surface area contributed by atoms with Gasteiger partial charge in [-0.2, -0.15) is 0 Å². The molecular weight excluding hydrogens is 390 g/mol. The van der Waals surface area contributed by atoms with Gasteiger partial charge in [-0.05, 0) is 41.7 Å². The van der Waals surface area contributed by atoms with Crippen molar-refractivity contribution in [2.75, 3.05) is 0 Å². The highest BCUT2D eigenvalue weighted by Gasteiger charge is 2.18. The Balaban J connectivity index is 0.000000807. The number of amidine groups is 1. The van der Waals surface area contributed by atoms with Crippen LogP contribution in [0.4, 0.5) is 0 Å². The molecule has 1 aromatic heterocycles. The molecule has 0 atom stereocenters. The zero-order chi connectivity index (χ0) is 23.0. The van der Waals surface area contributed by atoms with Crippen LogP contribution in [-0.2, 0) is 13.0 Å². The van der Waals surface area contributed by atoms with E-state index in [2.05, 4.69) is 23.4 Å². The first kappa shape index (κ1) is 23.7. The summed E-state index contributed by atoms with van der Waals surface area (Å²) < 4.78 is 1.77. The normalized spacial score (nSPS) is 12.3. The summed E-state index contributed by atoms with van der Waals surface area (Å²) in [5, 5.41) is 22.5. The summed E-state index contributed by atoms with van der Waals surface area (Å²) in [6, 6.07) is 13.1. The minimum absolute atomic E-state index is 0.0125.